The number of hydrogen-bond acceptors (Lipinski definition) is 6. The Bertz CT molecular complexity index is 1420. The molecule has 0 radical (unpaired) electrons. The summed E-state index contributed by atoms with van der Waals surface area (Å²) in [6.45, 7) is 2.89. The maximum Gasteiger partial charge on any atom is 0.231 e. The highest BCUT2D eigenvalue weighted by atomic mass is 32.2. The predicted molar refractivity (Wildman–Crippen MR) is 136 cm³/mol. The van der Waals surface area contributed by atoms with Gasteiger partial charge in [-0.1, -0.05) is 18.2 Å². The zero-order valence-electron chi connectivity index (χ0n) is 19.5. The molecule has 0 aliphatic carbocycles. The van der Waals surface area contributed by atoms with Crippen LogP contribution in [0.4, 0.5) is 16.0 Å². The number of pyridine rings is 1. The van der Waals surface area contributed by atoms with Crippen molar-refractivity contribution in [1.29, 1.82) is 0 Å². The standard InChI is InChI=1S/C25H26FN7O2S/c26-19-5-1-4-18(12-19)21-7-3-11-32(21)25-10-9-23-27-14-22(33(23)30-25)20-6-2-8-24(29-20)31-15-17(16-31)13-28-36(34)35/h1-2,4-6,8-10,12,14,17,21,28H,3,7,11,13,15-16H2,(H,34,35)/t21-/m1/s1. The van der Waals surface area contributed by atoms with Crippen molar-refractivity contribution >= 4 is 28.5 Å². The minimum atomic E-state index is -1.99. The average Bonchev–Trinajstić information content (AvgIpc) is 3.50. The Kier molecular flexibility index (Phi) is 6.12. The number of rotatable bonds is 7. The number of nitrogens with one attached hydrogen (secondary N) is 1. The van der Waals surface area contributed by atoms with Gasteiger partial charge in [0.1, 0.15) is 23.1 Å². The largest absolute Gasteiger partial charge is 0.356 e. The van der Waals surface area contributed by atoms with Crippen molar-refractivity contribution < 1.29 is 13.2 Å². The van der Waals surface area contributed by atoms with E-state index in [9.17, 15) is 8.60 Å². The van der Waals surface area contributed by atoms with Gasteiger partial charge in [0.15, 0.2) is 5.65 Å². The highest BCUT2D eigenvalue weighted by Gasteiger charge is 2.29. The monoisotopic (exact) mass is 507 g/mol. The lowest BCUT2D eigenvalue weighted by molar-refractivity contribution is 0.401. The lowest BCUT2D eigenvalue weighted by Crippen LogP contribution is -2.51. The maximum atomic E-state index is 13.9. The van der Waals surface area contributed by atoms with Crippen molar-refractivity contribution in [1.82, 2.24) is 24.3 Å². The molecule has 2 aliphatic rings. The zero-order valence-corrected chi connectivity index (χ0v) is 20.3. The molecule has 36 heavy (non-hydrogen) atoms. The van der Waals surface area contributed by atoms with Crippen LogP contribution in [-0.4, -0.2) is 54.5 Å². The molecule has 2 N–H and O–H groups in total. The van der Waals surface area contributed by atoms with Crippen molar-refractivity contribution in [2.45, 2.75) is 18.9 Å². The first kappa shape index (κ1) is 23.0. The van der Waals surface area contributed by atoms with E-state index < -0.39 is 11.3 Å². The molecule has 2 aliphatic heterocycles. The Balaban J connectivity index is 1.26. The van der Waals surface area contributed by atoms with Crippen LogP contribution in [0.15, 0.2) is 60.8 Å². The summed E-state index contributed by atoms with van der Waals surface area (Å²) in [5.74, 6) is 1.76. The molecule has 186 valence electrons. The molecule has 1 aromatic carbocycles. The van der Waals surface area contributed by atoms with Crippen LogP contribution in [0.5, 0.6) is 0 Å². The van der Waals surface area contributed by atoms with Crippen LogP contribution in [-0.2, 0) is 11.3 Å². The first-order valence-electron chi connectivity index (χ1n) is 12.0. The third kappa shape index (κ3) is 4.45. The van der Waals surface area contributed by atoms with E-state index in [1.165, 1.54) is 6.07 Å². The quantitative estimate of drug-likeness (QED) is 0.370. The van der Waals surface area contributed by atoms with Gasteiger partial charge in [0.05, 0.1) is 17.9 Å². The Morgan fingerprint density at radius 2 is 1.97 bits per heavy atom. The molecule has 6 rings (SSSR count). The molecule has 9 nitrogen and oxygen atoms in total. The van der Waals surface area contributed by atoms with Crippen LogP contribution in [0.25, 0.3) is 17.0 Å². The summed E-state index contributed by atoms with van der Waals surface area (Å²) in [4.78, 5) is 13.8. The lowest BCUT2D eigenvalue weighted by Gasteiger charge is -2.40. The molecule has 5 heterocycles. The van der Waals surface area contributed by atoms with Gasteiger partial charge in [0.2, 0.25) is 11.3 Å². The van der Waals surface area contributed by atoms with E-state index in [1.54, 1.807) is 18.3 Å². The van der Waals surface area contributed by atoms with Crippen molar-refractivity contribution in [2.75, 3.05) is 36.0 Å². The summed E-state index contributed by atoms with van der Waals surface area (Å²) in [5, 5.41) is 4.93. The van der Waals surface area contributed by atoms with Crippen molar-refractivity contribution in [2.24, 2.45) is 5.92 Å². The minimum Gasteiger partial charge on any atom is -0.356 e. The van der Waals surface area contributed by atoms with Crippen LogP contribution >= 0.6 is 0 Å². The SMILES string of the molecule is O=S(O)NCC1CN(c2cccc(-c3cnc4ccc(N5CCC[C@@H]5c5cccc(F)c5)nn34)n2)C1. The van der Waals surface area contributed by atoms with E-state index in [0.717, 1.165) is 66.7 Å². The fourth-order valence-corrected chi connectivity index (χ4v) is 5.49. The Morgan fingerprint density at radius 3 is 2.81 bits per heavy atom. The number of aromatic nitrogens is 4. The molecule has 2 fully saturated rings. The second-order valence-corrected chi connectivity index (χ2v) is 10.0. The molecular weight excluding hydrogens is 481 g/mol. The van der Waals surface area contributed by atoms with Crippen LogP contribution in [0.3, 0.4) is 0 Å². The molecule has 2 atom stereocenters. The summed E-state index contributed by atoms with van der Waals surface area (Å²) < 4.78 is 38.0. The normalized spacial score (nSPS) is 19.1. The summed E-state index contributed by atoms with van der Waals surface area (Å²) in [6, 6.07) is 16.7. The van der Waals surface area contributed by atoms with Gasteiger partial charge in [-0.3, -0.25) is 4.55 Å². The van der Waals surface area contributed by atoms with Gasteiger partial charge in [0, 0.05) is 32.1 Å². The number of nitrogens with zero attached hydrogens (tertiary/aromatic N) is 6. The smallest absolute Gasteiger partial charge is 0.231 e. The fourth-order valence-electron chi connectivity index (χ4n) is 5.11. The molecule has 1 unspecified atom stereocenters. The van der Waals surface area contributed by atoms with Gasteiger partial charge < -0.3 is 9.80 Å². The number of imidazole rings is 1. The minimum absolute atomic E-state index is 0.0798. The molecule has 11 heteroatoms. The van der Waals surface area contributed by atoms with Crippen molar-refractivity contribution in [3.05, 3.63) is 72.2 Å². The average molecular weight is 508 g/mol. The van der Waals surface area contributed by atoms with Crippen LogP contribution in [0, 0.1) is 11.7 Å². The van der Waals surface area contributed by atoms with Gasteiger partial charge in [0.25, 0.3) is 0 Å². The molecule has 4 aromatic rings. The van der Waals surface area contributed by atoms with E-state index >= 15 is 0 Å². The van der Waals surface area contributed by atoms with E-state index in [4.69, 9.17) is 14.6 Å². The predicted octanol–water partition coefficient (Wildman–Crippen LogP) is 3.43. The van der Waals surface area contributed by atoms with Gasteiger partial charge in [-0.05, 0) is 54.8 Å². The Hall–Kier alpha value is -3.41. The molecule has 2 saturated heterocycles. The maximum absolute atomic E-state index is 13.9. The molecule has 3 aromatic heterocycles. The lowest BCUT2D eigenvalue weighted by atomic mass is 10.0. The third-order valence-electron chi connectivity index (χ3n) is 6.90. The first-order chi connectivity index (χ1) is 17.5. The van der Waals surface area contributed by atoms with Gasteiger partial charge in [-0.25, -0.2) is 27.8 Å². The molecule has 0 bridgehead atoms. The van der Waals surface area contributed by atoms with E-state index in [-0.39, 0.29) is 11.9 Å². The Labute approximate surface area is 210 Å². The van der Waals surface area contributed by atoms with Crippen LogP contribution in [0.2, 0.25) is 0 Å². The second kappa shape index (κ2) is 9.57. The van der Waals surface area contributed by atoms with E-state index in [0.29, 0.717) is 12.5 Å². The van der Waals surface area contributed by atoms with Gasteiger partial charge in [-0.2, -0.15) is 0 Å². The number of benzene rings is 1. The van der Waals surface area contributed by atoms with Crippen molar-refractivity contribution in [3.63, 3.8) is 0 Å². The highest BCUT2D eigenvalue weighted by Crippen LogP contribution is 2.36. The first-order valence-corrected chi connectivity index (χ1v) is 13.1. The van der Waals surface area contributed by atoms with E-state index in [2.05, 4.69) is 19.5 Å². The topological polar surface area (TPSA) is 98.9 Å². The summed E-state index contributed by atoms with van der Waals surface area (Å²) in [7, 11) is 0. The molecular formula is C25H26FN7O2S. The fraction of sp³-hybridized carbons (Fsp3) is 0.320. The molecule has 0 saturated carbocycles. The number of fused-ring (bicyclic) bond motifs is 1. The summed E-state index contributed by atoms with van der Waals surface area (Å²) in [6.07, 6.45) is 3.75. The third-order valence-corrected chi connectivity index (χ3v) is 7.32. The number of halogens is 1. The van der Waals surface area contributed by atoms with Crippen LogP contribution < -0.4 is 14.5 Å². The highest BCUT2D eigenvalue weighted by molar-refractivity contribution is 7.77. The van der Waals surface area contributed by atoms with E-state index in [1.807, 2.05) is 40.9 Å². The molecule has 0 spiro atoms. The van der Waals surface area contributed by atoms with Gasteiger partial charge in [-0.15, -0.1) is 5.10 Å². The second-order valence-electron chi connectivity index (χ2n) is 9.26. The Morgan fingerprint density at radius 1 is 1.11 bits per heavy atom. The zero-order chi connectivity index (χ0) is 24.6. The van der Waals surface area contributed by atoms with Crippen molar-refractivity contribution in [3.8, 4) is 11.4 Å². The number of anilines is 2. The van der Waals surface area contributed by atoms with Crippen LogP contribution in [0.1, 0.15) is 24.4 Å². The summed E-state index contributed by atoms with van der Waals surface area (Å²) >= 11 is -1.99. The molecule has 0 amide bonds. The number of hydrogen-bond donors (Lipinski definition) is 2. The van der Waals surface area contributed by atoms with Gasteiger partial charge >= 0.3 is 0 Å². The summed E-state index contributed by atoms with van der Waals surface area (Å²) in [5.41, 5.74) is 3.26.